The van der Waals surface area contributed by atoms with Gasteiger partial charge in [0, 0.05) is 12.1 Å². The highest BCUT2D eigenvalue weighted by molar-refractivity contribution is 9.11. The van der Waals surface area contributed by atoms with Crippen LogP contribution in [0.5, 0.6) is 0 Å². The smallest absolute Gasteiger partial charge is 0.250 e. The van der Waals surface area contributed by atoms with Crippen LogP contribution in [0.25, 0.3) is 0 Å². The molecule has 4 nitrogen and oxygen atoms in total. The highest BCUT2D eigenvalue weighted by Crippen LogP contribution is 2.31. The fourth-order valence-corrected chi connectivity index (χ4v) is 5.72. The maximum absolute atomic E-state index is 12.2. The van der Waals surface area contributed by atoms with E-state index in [0.717, 1.165) is 35.0 Å². The van der Waals surface area contributed by atoms with E-state index in [1.54, 1.807) is 6.07 Å². The van der Waals surface area contributed by atoms with Crippen LogP contribution < -0.4 is 10.5 Å². The number of hydrogen-bond acceptors (Lipinski definition) is 4. The molecule has 0 unspecified atom stereocenters. The molecule has 1 aliphatic carbocycles. The number of aryl methyl sites for hydroxylation is 1. The molecule has 3 N–H and O–H groups in total. The lowest BCUT2D eigenvalue weighted by atomic mass is 9.83. The second-order valence-electron chi connectivity index (χ2n) is 5.27. The van der Waals surface area contributed by atoms with Crippen molar-refractivity contribution in [1.82, 2.24) is 4.72 Å². The first-order valence-electron chi connectivity index (χ1n) is 6.37. The van der Waals surface area contributed by atoms with Gasteiger partial charge >= 0.3 is 0 Å². The van der Waals surface area contributed by atoms with E-state index in [1.807, 2.05) is 6.92 Å². The molecule has 2 rings (SSSR count). The number of halogens is 1. The van der Waals surface area contributed by atoms with Gasteiger partial charge in [-0.1, -0.05) is 19.3 Å². The molecule has 1 heterocycles. The first-order chi connectivity index (χ1) is 8.82. The van der Waals surface area contributed by atoms with Gasteiger partial charge in [0.2, 0.25) is 10.0 Å². The van der Waals surface area contributed by atoms with Gasteiger partial charge in [-0.05, 0) is 47.3 Å². The lowest BCUT2D eigenvalue weighted by Crippen LogP contribution is -2.51. The van der Waals surface area contributed by atoms with Crippen molar-refractivity contribution in [2.45, 2.75) is 48.8 Å². The molecule has 1 fully saturated rings. The molecule has 0 saturated heterocycles. The van der Waals surface area contributed by atoms with Crippen LogP contribution in [0, 0.1) is 6.92 Å². The Hall–Kier alpha value is 0.0500. The van der Waals surface area contributed by atoms with E-state index in [9.17, 15) is 8.42 Å². The number of sulfonamides is 1. The van der Waals surface area contributed by atoms with Crippen LogP contribution >= 0.6 is 27.3 Å². The largest absolute Gasteiger partial charge is 0.324 e. The van der Waals surface area contributed by atoms with Crippen LogP contribution in [-0.4, -0.2) is 20.5 Å². The average molecular weight is 367 g/mol. The minimum Gasteiger partial charge on any atom is -0.324 e. The van der Waals surface area contributed by atoms with Crippen molar-refractivity contribution in [3.8, 4) is 0 Å². The topological polar surface area (TPSA) is 72.2 Å². The molecule has 0 amide bonds. The standard InChI is InChI=1S/C12H19BrN2O2S2/c1-9-7-10(18-11(9)13)19(16,17)15-8-12(14)5-3-2-4-6-12/h7,15H,2-6,8,14H2,1H3. The number of nitrogens with one attached hydrogen (secondary N) is 1. The van der Waals surface area contributed by atoms with Gasteiger partial charge in [0.15, 0.2) is 0 Å². The maximum atomic E-state index is 12.2. The quantitative estimate of drug-likeness (QED) is 0.860. The van der Waals surface area contributed by atoms with Crippen molar-refractivity contribution in [2.75, 3.05) is 6.54 Å². The van der Waals surface area contributed by atoms with E-state index in [4.69, 9.17) is 5.73 Å². The van der Waals surface area contributed by atoms with Gasteiger partial charge in [-0.2, -0.15) is 0 Å². The third kappa shape index (κ3) is 3.78. The zero-order valence-electron chi connectivity index (χ0n) is 10.9. The highest BCUT2D eigenvalue weighted by Gasteiger charge is 2.29. The van der Waals surface area contributed by atoms with Gasteiger partial charge in [0.05, 0.1) is 3.79 Å². The summed E-state index contributed by atoms with van der Waals surface area (Å²) >= 11 is 4.58. The van der Waals surface area contributed by atoms with Gasteiger partial charge < -0.3 is 5.73 Å². The van der Waals surface area contributed by atoms with Gasteiger partial charge in [0.25, 0.3) is 0 Å². The van der Waals surface area contributed by atoms with Gasteiger partial charge in [0.1, 0.15) is 4.21 Å². The third-order valence-corrected chi connectivity index (χ3v) is 7.57. The van der Waals surface area contributed by atoms with E-state index < -0.39 is 10.0 Å². The summed E-state index contributed by atoms with van der Waals surface area (Å²) in [5, 5.41) is 0. The predicted octanol–water partition coefficient (Wildman–Crippen LogP) is 2.76. The Morgan fingerprint density at radius 3 is 2.58 bits per heavy atom. The molecule has 1 saturated carbocycles. The summed E-state index contributed by atoms with van der Waals surface area (Å²) < 4.78 is 28.3. The van der Waals surface area contributed by atoms with Crippen molar-refractivity contribution in [1.29, 1.82) is 0 Å². The average Bonchev–Trinajstić information content (AvgIpc) is 2.69. The molecule has 0 aromatic carbocycles. The van der Waals surface area contributed by atoms with E-state index in [0.29, 0.717) is 10.8 Å². The maximum Gasteiger partial charge on any atom is 0.250 e. The van der Waals surface area contributed by atoms with E-state index >= 15 is 0 Å². The summed E-state index contributed by atoms with van der Waals surface area (Å²) in [5.41, 5.74) is 6.80. The Labute approximate surface area is 127 Å². The summed E-state index contributed by atoms with van der Waals surface area (Å²) in [6.07, 6.45) is 5.15. The fraction of sp³-hybridized carbons (Fsp3) is 0.667. The molecule has 0 atom stereocenters. The molecule has 1 aromatic heterocycles. The minimum absolute atomic E-state index is 0.323. The first kappa shape index (κ1) is 15.4. The fourth-order valence-electron chi connectivity index (χ4n) is 2.31. The molecular weight excluding hydrogens is 348 g/mol. The van der Waals surface area contributed by atoms with Gasteiger partial charge in [-0.25, -0.2) is 13.1 Å². The summed E-state index contributed by atoms with van der Waals surface area (Å²) in [6, 6.07) is 1.68. The number of nitrogens with two attached hydrogens (primary N) is 1. The number of hydrogen-bond donors (Lipinski definition) is 2. The minimum atomic E-state index is -3.44. The zero-order valence-corrected chi connectivity index (χ0v) is 14.1. The van der Waals surface area contributed by atoms with Crippen molar-refractivity contribution in [2.24, 2.45) is 5.73 Å². The highest BCUT2D eigenvalue weighted by atomic mass is 79.9. The Balaban J connectivity index is 2.05. The molecule has 19 heavy (non-hydrogen) atoms. The molecule has 0 aliphatic heterocycles. The zero-order chi connectivity index (χ0) is 14.1. The van der Waals surface area contributed by atoms with Crippen molar-refractivity contribution in [3.63, 3.8) is 0 Å². The molecule has 108 valence electrons. The van der Waals surface area contributed by atoms with Crippen LogP contribution in [0.1, 0.15) is 37.7 Å². The number of rotatable bonds is 4. The first-order valence-corrected chi connectivity index (χ1v) is 9.46. The van der Waals surface area contributed by atoms with Crippen LogP contribution in [0.3, 0.4) is 0 Å². The Bertz CT molecular complexity index is 529. The number of thiophene rings is 1. The summed E-state index contributed by atoms with van der Waals surface area (Å²) in [7, 11) is -3.44. The van der Waals surface area contributed by atoms with E-state index in [-0.39, 0.29) is 5.54 Å². The summed E-state index contributed by atoms with van der Waals surface area (Å²) in [6.45, 7) is 2.20. The monoisotopic (exact) mass is 366 g/mol. The molecule has 7 heteroatoms. The lowest BCUT2D eigenvalue weighted by Gasteiger charge is -2.33. The van der Waals surface area contributed by atoms with E-state index in [2.05, 4.69) is 20.7 Å². The predicted molar refractivity (Wildman–Crippen MR) is 81.9 cm³/mol. The second-order valence-corrected chi connectivity index (χ2v) is 9.63. The molecule has 0 spiro atoms. The molecule has 1 aromatic rings. The van der Waals surface area contributed by atoms with Crippen molar-refractivity contribution >= 4 is 37.3 Å². The summed E-state index contributed by atoms with van der Waals surface area (Å²) in [5.74, 6) is 0. The van der Waals surface area contributed by atoms with Gasteiger partial charge in [-0.15, -0.1) is 11.3 Å². The second kappa shape index (κ2) is 5.81. The molecule has 1 aliphatic rings. The molecular formula is C12H19BrN2O2S2. The van der Waals surface area contributed by atoms with Crippen molar-refractivity contribution < 1.29 is 8.42 Å². The Morgan fingerprint density at radius 2 is 2.05 bits per heavy atom. The molecule has 0 bridgehead atoms. The summed E-state index contributed by atoms with van der Waals surface area (Å²) in [4.78, 5) is 0. The molecule has 0 radical (unpaired) electrons. The van der Waals surface area contributed by atoms with Gasteiger partial charge in [-0.3, -0.25) is 0 Å². The Morgan fingerprint density at radius 1 is 1.42 bits per heavy atom. The SMILES string of the molecule is Cc1cc(S(=O)(=O)NCC2(N)CCCCC2)sc1Br. The van der Waals surface area contributed by atoms with Crippen LogP contribution in [-0.2, 0) is 10.0 Å². The van der Waals surface area contributed by atoms with Crippen molar-refractivity contribution in [3.05, 3.63) is 15.4 Å². The van der Waals surface area contributed by atoms with Crippen LogP contribution in [0.15, 0.2) is 14.1 Å². The normalized spacial score (nSPS) is 19.5. The van der Waals surface area contributed by atoms with Crippen LogP contribution in [0.4, 0.5) is 0 Å². The van der Waals surface area contributed by atoms with E-state index in [1.165, 1.54) is 17.8 Å². The lowest BCUT2D eigenvalue weighted by molar-refractivity contribution is 0.296. The third-order valence-electron chi connectivity index (χ3n) is 3.56. The van der Waals surface area contributed by atoms with Crippen LogP contribution in [0.2, 0.25) is 0 Å². The Kier molecular flexibility index (Phi) is 4.72.